The highest BCUT2D eigenvalue weighted by Gasteiger charge is 2.28. The highest BCUT2D eigenvalue weighted by Crippen LogP contribution is 2.23. The summed E-state index contributed by atoms with van der Waals surface area (Å²) in [5.41, 5.74) is 5.54. The van der Waals surface area contributed by atoms with E-state index in [0.29, 0.717) is 16.8 Å². The van der Waals surface area contributed by atoms with Gasteiger partial charge in [-0.25, -0.2) is 4.79 Å². The maximum Gasteiger partial charge on any atom is 0.340 e. The molecule has 0 atom stereocenters. The Morgan fingerprint density at radius 1 is 1.33 bits per heavy atom. The molecule has 0 saturated heterocycles. The van der Waals surface area contributed by atoms with E-state index in [1.54, 1.807) is 34.6 Å². The van der Waals surface area contributed by atoms with Crippen LogP contribution in [-0.4, -0.2) is 23.1 Å². The lowest BCUT2D eigenvalue weighted by Crippen LogP contribution is -2.41. The number of carbonyl (C=O) groups is 2. The molecule has 21 heavy (non-hydrogen) atoms. The summed E-state index contributed by atoms with van der Waals surface area (Å²) in [6, 6.07) is 1.38. The molecule has 6 nitrogen and oxygen atoms in total. The van der Waals surface area contributed by atoms with Gasteiger partial charge in [0.2, 0.25) is 5.91 Å². The molecule has 1 aromatic rings. The minimum atomic E-state index is -0.818. The lowest BCUT2D eigenvalue weighted by atomic mass is 9.97. The quantitative estimate of drug-likeness (QED) is 0.827. The van der Waals surface area contributed by atoms with Gasteiger partial charge in [-0.1, -0.05) is 0 Å². The molecule has 1 amide bonds. The third-order valence-corrected chi connectivity index (χ3v) is 3.34. The van der Waals surface area contributed by atoms with E-state index in [1.165, 1.54) is 10.6 Å². The lowest BCUT2D eigenvalue weighted by Gasteiger charge is -2.29. The number of nitrogens with zero attached hydrogens (tertiary/aromatic N) is 1. The van der Waals surface area contributed by atoms with Gasteiger partial charge in [-0.2, -0.15) is 0 Å². The number of esters is 1. The smallest absolute Gasteiger partial charge is 0.340 e. The number of nitrogens with two attached hydrogens (primary N) is 1. The molecule has 1 rings (SSSR count). The summed E-state index contributed by atoms with van der Waals surface area (Å²) in [7, 11) is 0. The number of amides is 1. The van der Waals surface area contributed by atoms with E-state index in [4.69, 9.17) is 10.5 Å². The van der Waals surface area contributed by atoms with Crippen LogP contribution in [-0.2, 0) is 15.1 Å². The van der Waals surface area contributed by atoms with Crippen LogP contribution in [0, 0.1) is 13.8 Å². The second-order valence-corrected chi connectivity index (χ2v) is 5.64. The molecule has 0 aliphatic heterocycles. The first-order valence-corrected chi connectivity index (χ1v) is 6.81. The summed E-state index contributed by atoms with van der Waals surface area (Å²) in [5, 5.41) is 0. The number of rotatable bonds is 5. The molecule has 1 aromatic heterocycles. The summed E-state index contributed by atoms with van der Waals surface area (Å²) >= 11 is 0. The van der Waals surface area contributed by atoms with Gasteiger partial charge in [-0.05, 0) is 40.2 Å². The van der Waals surface area contributed by atoms with Gasteiger partial charge < -0.3 is 15.0 Å². The number of hydrogen-bond acceptors (Lipinski definition) is 4. The average molecular weight is 294 g/mol. The topological polar surface area (TPSA) is 91.4 Å². The molecule has 0 radical (unpaired) electrons. The maximum atomic E-state index is 12.3. The maximum absolute atomic E-state index is 12.3. The van der Waals surface area contributed by atoms with E-state index in [1.807, 2.05) is 0 Å². The van der Waals surface area contributed by atoms with Crippen molar-refractivity contribution in [2.45, 2.75) is 46.6 Å². The van der Waals surface area contributed by atoms with E-state index in [0.717, 1.165) is 0 Å². The Bertz CT molecular complexity index is 629. The minimum absolute atomic E-state index is 0.000920. The van der Waals surface area contributed by atoms with Crippen molar-refractivity contribution in [1.82, 2.24) is 4.57 Å². The van der Waals surface area contributed by atoms with Gasteiger partial charge >= 0.3 is 5.97 Å². The van der Waals surface area contributed by atoms with Crippen molar-refractivity contribution in [2.75, 3.05) is 6.61 Å². The fourth-order valence-electron chi connectivity index (χ4n) is 2.65. The van der Waals surface area contributed by atoms with Gasteiger partial charge in [-0.15, -0.1) is 0 Å². The van der Waals surface area contributed by atoms with Crippen molar-refractivity contribution >= 4 is 11.9 Å². The van der Waals surface area contributed by atoms with Crippen LogP contribution in [0.4, 0.5) is 0 Å². The van der Waals surface area contributed by atoms with Gasteiger partial charge in [0, 0.05) is 18.2 Å². The van der Waals surface area contributed by atoms with Crippen LogP contribution in [0.2, 0.25) is 0 Å². The number of aryl methyl sites for hydroxylation is 1. The minimum Gasteiger partial charge on any atom is -0.462 e. The van der Waals surface area contributed by atoms with E-state index in [-0.39, 0.29) is 18.6 Å². The predicted octanol–water partition coefficient (Wildman–Crippen LogP) is 1.25. The molecule has 0 unspecified atom stereocenters. The Hall–Kier alpha value is -2.11. The van der Waals surface area contributed by atoms with E-state index >= 15 is 0 Å². The Labute approximate surface area is 123 Å². The number of primary amides is 1. The van der Waals surface area contributed by atoms with Crippen LogP contribution >= 0.6 is 0 Å². The zero-order valence-electron chi connectivity index (χ0n) is 13.1. The Morgan fingerprint density at radius 3 is 2.38 bits per heavy atom. The fraction of sp³-hybridized carbons (Fsp3) is 0.533. The Morgan fingerprint density at radius 2 is 1.90 bits per heavy atom. The molecule has 0 aliphatic carbocycles. The second kappa shape index (κ2) is 6.11. The molecule has 1 heterocycles. The van der Waals surface area contributed by atoms with Gasteiger partial charge in [0.15, 0.2) is 0 Å². The summed E-state index contributed by atoms with van der Waals surface area (Å²) < 4.78 is 6.46. The molecule has 0 saturated carbocycles. The monoisotopic (exact) mass is 294 g/mol. The Balaban J connectivity index is 3.54. The molecule has 116 valence electrons. The fourth-order valence-corrected chi connectivity index (χ4v) is 2.65. The van der Waals surface area contributed by atoms with Crippen molar-refractivity contribution in [3.8, 4) is 0 Å². The highest BCUT2D eigenvalue weighted by atomic mass is 16.5. The molecule has 6 heteroatoms. The molecular weight excluding hydrogens is 272 g/mol. The molecule has 0 fully saturated rings. The number of pyridine rings is 1. The van der Waals surface area contributed by atoms with Gasteiger partial charge in [0.25, 0.3) is 5.56 Å². The largest absolute Gasteiger partial charge is 0.462 e. The first-order valence-electron chi connectivity index (χ1n) is 6.81. The van der Waals surface area contributed by atoms with Crippen LogP contribution < -0.4 is 11.3 Å². The lowest BCUT2D eigenvalue weighted by molar-refractivity contribution is -0.119. The Kier molecular flexibility index (Phi) is 4.93. The zero-order valence-corrected chi connectivity index (χ0v) is 13.1. The van der Waals surface area contributed by atoms with Crippen molar-refractivity contribution in [3.05, 3.63) is 33.2 Å². The van der Waals surface area contributed by atoms with Crippen molar-refractivity contribution < 1.29 is 14.3 Å². The standard InChI is InChI=1S/C15H22N2O4/c1-6-21-14(20)13-9(2)7-12(19)17(10(13)3)15(4,5)8-11(16)18/h7H,6,8H2,1-5H3,(H2,16,18). The third kappa shape index (κ3) is 3.51. The van der Waals surface area contributed by atoms with Crippen LogP contribution in [0.3, 0.4) is 0 Å². The predicted molar refractivity (Wildman–Crippen MR) is 79.3 cm³/mol. The number of ether oxygens (including phenoxy) is 1. The molecule has 0 spiro atoms. The molecule has 0 aliphatic rings. The van der Waals surface area contributed by atoms with Crippen LogP contribution in [0.25, 0.3) is 0 Å². The number of aromatic nitrogens is 1. The van der Waals surface area contributed by atoms with Crippen LogP contribution in [0.1, 0.15) is 48.8 Å². The molecule has 0 bridgehead atoms. The van der Waals surface area contributed by atoms with Crippen LogP contribution in [0.15, 0.2) is 10.9 Å². The summed E-state index contributed by atoms with van der Waals surface area (Å²) in [4.78, 5) is 35.6. The zero-order chi connectivity index (χ0) is 16.4. The highest BCUT2D eigenvalue weighted by molar-refractivity contribution is 5.92. The average Bonchev–Trinajstić information content (AvgIpc) is 2.25. The van der Waals surface area contributed by atoms with Gasteiger partial charge in [-0.3, -0.25) is 9.59 Å². The van der Waals surface area contributed by atoms with E-state index < -0.39 is 17.4 Å². The third-order valence-electron chi connectivity index (χ3n) is 3.34. The van der Waals surface area contributed by atoms with Crippen LogP contribution in [0.5, 0.6) is 0 Å². The first kappa shape index (κ1) is 16.9. The SMILES string of the molecule is CCOC(=O)c1c(C)cc(=O)n(C(C)(C)CC(N)=O)c1C. The second-order valence-electron chi connectivity index (χ2n) is 5.64. The normalized spacial score (nSPS) is 11.3. The van der Waals surface area contributed by atoms with Gasteiger partial charge in [0.1, 0.15) is 0 Å². The number of carbonyl (C=O) groups excluding carboxylic acids is 2. The summed E-state index contributed by atoms with van der Waals surface area (Å²) in [6.07, 6.45) is -0.000920. The summed E-state index contributed by atoms with van der Waals surface area (Å²) in [6.45, 7) is 8.79. The van der Waals surface area contributed by atoms with Crippen molar-refractivity contribution in [3.63, 3.8) is 0 Å². The molecular formula is C15H22N2O4. The number of hydrogen-bond donors (Lipinski definition) is 1. The van der Waals surface area contributed by atoms with Crippen molar-refractivity contribution in [2.24, 2.45) is 5.73 Å². The van der Waals surface area contributed by atoms with Gasteiger partial charge in [0.05, 0.1) is 17.7 Å². The van der Waals surface area contributed by atoms with E-state index in [2.05, 4.69) is 0 Å². The molecule has 2 N–H and O–H groups in total. The van der Waals surface area contributed by atoms with Crippen molar-refractivity contribution in [1.29, 1.82) is 0 Å². The molecule has 0 aromatic carbocycles. The first-order chi connectivity index (χ1) is 9.61. The van der Waals surface area contributed by atoms with E-state index in [9.17, 15) is 14.4 Å². The summed E-state index contributed by atoms with van der Waals surface area (Å²) in [5.74, 6) is -0.985.